The van der Waals surface area contributed by atoms with Gasteiger partial charge in [-0.2, -0.15) is 10.5 Å². The number of hydrogen-bond acceptors (Lipinski definition) is 6. The first-order valence-corrected chi connectivity index (χ1v) is 22.3. The van der Waals surface area contributed by atoms with E-state index in [0.29, 0.717) is 22.8 Å². The summed E-state index contributed by atoms with van der Waals surface area (Å²) in [4.78, 5) is 20.8. The molecule has 0 atom stereocenters. The summed E-state index contributed by atoms with van der Waals surface area (Å²) in [7, 11) is 0. The van der Waals surface area contributed by atoms with Crippen molar-refractivity contribution in [2.45, 2.75) is 0 Å². The lowest BCUT2D eigenvalue weighted by Gasteiger charge is -2.16. The predicted octanol–water partition coefficient (Wildman–Crippen LogP) is 15.2. The summed E-state index contributed by atoms with van der Waals surface area (Å²) in [5.74, 6) is 1.25. The molecule has 0 aliphatic rings. The van der Waals surface area contributed by atoms with E-state index >= 15 is 0 Å². The third kappa shape index (κ3) is 8.18. The molecule has 316 valence electrons. The molecule has 0 saturated heterocycles. The third-order valence-corrected chi connectivity index (χ3v) is 12.2. The summed E-state index contributed by atoms with van der Waals surface area (Å²) in [6, 6.07) is 82.2. The fourth-order valence-electron chi connectivity index (χ4n) is 8.85. The fraction of sp³-hybridized carbons (Fsp3) is 0. The molecule has 0 bridgehead atoms. The van der Waals surface area contributed by atoms with Crippen LogP contribution in [-0.4, -0.2) is 19.9 Å². The quantitative estimate of drug-likeness (QED) is 0.143. The van der Waals surface area contributed by atoms with E-state index in [9.17, 15) is 10.5 Å². The third-order valence-electron chi connectivity index (χ3n) is 12.2. The summed E-state index contributed by atoms with van der Waals surface area (Å²) in [5, 5.41) is 20.2. The van der Waals surface area contributed by atoms with Gasteiger partial charge >= 0.3 is 0 Å². The Bertz CT molecular complexity index is 3790. The van der Waals surface area contributed by atoms with Gasteiger partial charge in [-0.15, -0.1) is 0 Å². The lowest BCUT2D eigenvalue weighted by atomic mass is 9.90. The SMILES string of the molecule is N#Cc1cccc(-c2cccc(-c3cc(-c4ccccc4-c4ccccc4-c4cccc(-c5nc(-c6cccc(-c7cccc(C#N)c7)c6)c6ccccc6n5)c4)nc(-c4ccccc4)n3)c2)c1. The van der Waals surface area contributed by atoms with Gasteiger partial charge in [0.2, 0.25) is 0 Å². The van der Waals surface area contributed by atoms with Gasteiger partial charge in [-0.05, 0) is 99.1 Å². The van der Waals surface area contributed by atoms with Gasteiger partial charge in [0, 0.05) is 33.2 Å². The van der Waals surface area contributed by atoms with E-state index in [1.165, 1.54) is 0 Å². The highest BCUT2D eigenvalue weighted by Crippen LogP contribution is 2.41. The van der Waals surface area contributed by atoms with Crippen molar-refractivity contribution in [3.05, 3.63) is 242 Å². The maximum atomic E-state index is 9.61. The molecule has 0 N–H and O–H groups in total. The van der Waals surface area contributed by atoms with Gasteiger partial charge in [0.1, 0.15) is 0 Å². The highest BCUT2D eigenvalue weighted by molar-refractivity contribution is 5.96. The van der Waals surface area contributed by atoms with Crippen molar-refractivity contribution in [2.75, 3.05) is 0 Å². The first-order chi connectivity index (χ1) is 33.6. The Morgan fingerprint density at radius 3 is 1.43 bits per heavy atom. The van der Waals surface area contributed by atoms with Crippen LogP contribution >= 0.6 is 0 Å². The molecule has 0 fully saturated rings. The van der Waals surface area contributed by atoms with Gasteiger partial charge in [0.25, 0.3) is 0 Å². The van der Waals surface area contributed by atoms with Crippen LogP contribution in [0.2, 0.25) is 0 Å². The van der Waals surface area contributed by atoms with Crippen molar-refractivity contribution in [3.8, 4) is 113 Å². The molecule has 0 amide bonds. The normalized spacial score (nSPS) is 10.9. The van der Waals surface area contributed by atoms with Crippen LogP contribution in [0, 0.1) is 22.7 Å². The number of nitrogens with zero attached hydrogens (tertiary/aromatic N) is 6. The molecule has 0 spiro atoms. The molecule has 11 rings (SSSR count). The Kier molecular flexibility index (Phi) is 10.9. The van der Waals surface area contributed by atoms with E-state index in [-0.39, 0.29) is 0 Å². The molecule has 6 nitrogen and oxygen atoms in total. The second kappa shape index (κ2) is 18.1. The summed E-state index contributed by atoms with van der Waals surface area (Å²) < 4.78 is 0. The Morgan fingerprint density at radius 2 is 0.735 bits per heavy atom. The van der Waals surface area contributed by atoms with Crippen LogP contribution in [0.1, 0.15) is 11.1 Å². The molecule has 11 aromatic rings. The lowest BCUT2D eigenvalue weighted by molar-refractivity contribution is 1.18. The lowest BCUT2D eigenvalue weighted by Crippen LogP contribution is -1.98. The number of para-hydroxylation sites is 1. The van der Waals surface area contributed by atoms with Crippen LogP contribution in [0.4, 0.5) is 0 Å². The van der Waals surface area contributed by atoms with Crippen LogP contribution in [0.25, 0.3) is 112 Å². The zero-order valence-corrected chi connectivity index (χ0v) is 36.6. The Balaban J connectivity index is 1.01. The molecular formula is C62H38N6. The molecule has 2 heterocycles. The number of nitriles is 2. The van der Waals surface area contributed by atoms with Crippen molar-refractivity contribution < 1.29 is 0 Å². The van der Waals surface area contributed by atoms with E-state index in [4.69, 9.17) is 19.9 Å². The van der Waals surface area contributed by atoms with Crippen molar-refractivity contribution in [2.24, 2.45) is 0 Å². The second-order valence-corrected chi connectivity index (χ2v) is 16.5. The number of benzene rings is 9. The Hall–Kier alpha value is -9.62. The molecule has 0 radical (unpaired) electrons. The van der Waals surface area contributed by atoms with Gasteiger partial charge in [-0.3, -0.25) is 0 Å². The average Bonchev–Trinajstić information content (AvgIpc) is 3.43. The van der Waals surface area contributed by atoms with Crippen LogP contribution in [0.15, 0.2) is 231 Å². The first-order valence-electron chi connectivity index (χ1n) is 22.3. The molecule has 68 heavy (non-hydrogen) atoms. The molecule has 0 unspecified atom stereocenters. The van der Waals surface area contributed by atoms with E-state index in [0.717, 1.165) is 100 Å². The van der Waals surface area contributed by atoms with Crippen LogP contribution < -0.4 is 0 Å². The number of rotatable bonds is 9. The second-order valence-electron chi connectivity index (χ2n) is 16.5. The summed E-state index contributed by atoms with van der Waals surface area (Å²) in [5.41, 5.74) is 17.3. The maximum Gasteiger partial charge on any atom is 0.160 e. The average molecular weight is 867 g/mol. The molecule has 9 aromatic carbocycles. The van der Waals surface area contributed by atoms with Crippen LogP contribution in [0.3, 0.4) is 0 Å². The predicted molar refractivity (Wildman–Crippen MR) is 273 cm³/mol. The van der Waals surface area contributed by atoms with E-state index < -0.39 is 0 Å². The largest absolute Gasteiger partial charge is 0.228 e. The minimum absolute atomic E-state index is 0.613. The van der Waals surface area contributed by atoms with Gasteiger partial charge in [0.05, 0.1) is 45.9 Å². The fourth-order valence-corrected chi connectivity index (χ4v) is 8.85. The molecule has 0 aliphatic heterocycles. The highest BCUT2D eigenvalue weighted by atomic mass is 14.9. The molecule has 6 heteroatoms. The zero-order chi connectivity index (χ0) is 45.8. The number of hydrogen-bond donors (Lipinski definition) is 0. The summed E-state index contributed by atoms with van der Waals surface area (Å²) in [6.45, 7) is 0. The number of aromatic nitrogens is 4. The van der Waals surface area contributed by atoms with Crippen LogP contribution in [-0.2, 0) is 0 Å². The van der Waals surface area contributed by atoms with Gasteiger partial charge in [0.15, 0.2) is 11.6 Å². The van der Waals surface area contributed by atoms with E-state index in [1.54, 1.807) is 0 Å². The summed E-state index contributed by atoms with van der Waals surface area (Å²) >= 11 is 0. The first kappa shape index (κ1) is 41.1. The maximum absolute atomic E-state index is 9.61. The topological polar surface area (TPSA) is 99.1 Å². The summed E-state index contributed by atoms with van der Waals surface area (Å²) in [6.07, 6.45) is 0. The molecular weight excluding hydrogens is 829 g/mol. The van der Waals surface area contributed by atoms with Crippen molar-refractivity contribution in [1.82, 2.24) is 19.9 Å². The number of fused-ring (bicyclic) bond motifs is 1. The zero-order valence-electron chi connectivity index (χ0n) is 36.6. The standard InChI is InChI=1S/C62H38N6/c63-39-41-15-10-19-44(33-41)46-21-12-24-49(35-46)58-38-59(67-61(66-58)43-17-2-1-3-18-43)55-30-7-6-29-54(55)53-28-5-4-27-52(53)48-23-14-26-51(37-48)62-65-57-32-9-8-31-56(57)60(68-62)50-25-13-22-47(36-50)45-20-11-16-42(34-45)40-64/h1-38H. The minimum atomic E-state index is 0.613. The van der Waals surface area contributed by atoms with Crippen LogP contribution in [0.5, 0.6) is 0 Å². The van der Waals surface area contributed by atoms with E-state index in [2.05, 4.69) is 133 Å². The monoisotopic (exact) mass is 866 g/mol. The molecule has 0 saturated carbocycles. The van der Waals surface area contributed by atoms with Gasteiger partial charge in [-0.25, -0.2) is 19.9 Å². The van der Waals surface area contributed by atoms with Gasteiger partial charge in [-0.1, -0.05) is 176 Å². The van der Waals surface area contributed by atoms with E-state index in [1.807, 2.05) is 109 Å². The van der Waals surface area contributed by atoms with Gasteiger partial charge < -0.3 is 0 Å². The smallest absolute Gasteiger partial charge is 0.160 e. The molecule has 0 aliphatic carbocycles. The van der Waals surface area contributed by atoms with Crippen molar-refractivity contribution in [3.63, 3.8) is 0 Å². The molecule has 2 aromatic heterocycles. The Morgan fingerprint density at radius 1 is 0.279 bits per heavy atom. The van der Waals surface area contributed by atoms with Crippen molar-refractivity contribution >= 4 is 10.9 Å². The minimum Gasteiger partial charge on any atom is -0.228 e. The van der Waals surface area contributed by atoms with Crippen molar-refractivity contribution in [1.29, 1.82) is 10.5 Å². The Labute approximate surface area is 394 Å². The highest BCUT2D eigenvalue weighted by Gasteiger charge is 2.18.